The monoisotopic (exact) mass is 277 g/mol. The van der Waals surface area contributed by atoms with Crippen molar-refractivity contribution in [3.63, 3.8) is 0 Å². The summed E-state index contributed by atoms with van der Waals surface area (Å²) in [5.74, 6) is 1.19. The first-order valence-electron chi connectivity index (χ1n) is 6.88. The van der Waals surface area contributed by atoms with Crippen LogP contribution in [0.4, 0.5) is 5.69 Å². The number of nitrogens with zero attached hydrogens (tertiary/aromatic N) is 1. The van der Waals surface area contributed by atoms with Crippen LogP contribution in [0.5, 0.6) is 5.75 Å². The maximum absolute atomic E-state index is 11.9. The molecular weight excluding hydrogens is 254 g/mol. The maximum atomic E-state index is 11.9. The van der Waals surface area contributed by atoms with Gasteiger partial charge in [0.15, 0.2) is 0 Å². The normalized spacial score (nSPS) is 17.6. The number of likely N-dealkylation sites (tertiary alicyclic amines) is 1. The molecule has 1 amide bonds. The number of amides is 1. The molecule has 0 atom stereocenters. The topological polar surface area (TPSA) is 67.6 Å². The molecule has 1 saturated heterocycles. The Labute approximate surface area is 120 Å². The second-order valence-electron chi connectivity index (χ2n) is 5.81. The van der Waals surface area contributed by atoms with Crippen LogP contribution in [0.1, 0.15) is 13.8 Å². The molecule has 1 aromatic rings. The van der Waals surface area contributed by atoms with Crippen LogP contribution < -0.4 is 15.8 Å². The Morgan fingerprint density at radius 1 is 1.40 bits per heavy atom. The molecule has 1 aliphatic heterocycles. The van der Waals surface area contributed by atoms with E-state index in [1.807, 2.05) is 24.3 Å². The zero-order valence-electron chi connectivity index (χ0n) is 12.3. The Hall–Kier alpha value is -1.59. The van der Waals surface area contributed by atoms with Gasteiger partial charge in [-0.05, 0) is 30.2 Å². The highest BCUT2D eigenvalue weighted by molar-refractivity contribution is 5.92. The summed E-state index contributed by atoms with van der Waals surface area (Å²) < 4.78 is 5.08. The lowest BCUT2D eigenvalue weighted by molar-refractivity contribution is -0.119. The molecule has 3 N–H and O–H groups in total. The fourth-order valence-electron chi connectivity index (χ4n) is 2.34. The summed E-state index contributed by atoms with van der Waals surface area (Å²) in [7, 11) is 1.62. The van der Waals surface area contributed by atoms with E-state index in [1.165, 1.54) is 0 Å². The zero-order valence-corrected chi connectivity index (χ0v) is 12.3. The van der Waals surface area contributed by atoms with Gasteiger partial charge in [-0.2, -0.15) is 0 Å². The van der Waals surface area contributed by atoms with Gasteiger partial charge in [0.1, 0.15) is 5.75 Å². The third-order valence-corrected chi connectivity index (χ3v) is 3.93. The van der Waals surface area contributed by atoms with Gasteiger partial charge in [0.25, 0.3) is 0 Å². The van der Waals surface area contributed by atoms with Gasteiger partial charge in [-0.15, -0.1) is 0 Å². The van der Waals surface area contributed by atoms with Crippen molar-refractivity contribution in [1.82, 2.24) is 4.90 Å². The second-order valence-corrected chi connectivity index (χ2v) is 5.81. The van der Waals surface area contributed by atoms with Gasteiger partial charge in [0.05, 0.1) is 13.7 Å². The number of anilines is 1. The molecule has 0 radical (unpaired) electrons. The van der Waals surface area contributed by atoms with E-state index in [-0.39, 0.29) is 11.4 Å². The Kier molecular flexibility index (Phi) is 4.30. The van der Waals surface area contributed by atoms with Gasteiger partial charge in [-0.3, -0.25) is 9.69 Å². The first kappa shape index (κ1) is 14.8. The van der Waals surface area contributed by atoms with Gasteiger partial charge >= 0.3 is 0 Å². The van der Waals surface area contributed by atoms with Crippen LogP contribution in [-0.4, -0.2) is 43.1 Å². The predicted molar refractivity (Wildman–Crippen MR) is 79.8 cm³/mol. The van der Waals surface area contributed by atoms with Gasteiger partial charge < -0.3 is 15.8 Å². The Bertz CT molecular complexity index is 465. The van der Waals surface area contributed by atoms with Crippen LogP contribution in [0.2, 0.25) is 0 Å². The minimum Gasteiger partial charge on any atom is -0.497 e. The summed E-state index contributed by atoms with van der Waals surface area (Å²) in [5.41, 5.74) is 6.85. The van der Waals surface area contributed by atoms with Gasteiger partial charge in [-0.1, -0.05) is 13.8 Å². The summed E-state index contributed by atoms with van der Waals surface area (Å²) in [6.45, 7) is 6.18. The minimum atomic E-state index is -0.138. The van der Waals surface area contributed by atoms with E-state index in [0.717, 1.165) is 24.5 Å². The van der Waals surface area contributed by atoms with Crippen molar-refractivity contribution >= 4 is 11.6 Å². The van der Waals surface area contributed by atoms with E-state index in [1.54, 1.807) is 7.11 Å². The number of benzene rings is 1. The first-order valence-corrected chi connectivity index (χ1v) is 6.88. The van der Waals surface area contributed by atoms with E-state index in [4.69, 9.17) is 10.5 Å². The van der Waals surface area contributed by atoms with E-state index < -0.39 is 0 Å². The molecule has 0 spiro atoms. The third kappa shape index (κ3) is 3.29. The van der Waals surface area contributed by atoms with Crippen molar-refractivity contribution in [2.24, 2.45) is 11.7 Å². The van der Waals surface area contributed by atoms with Gasteiger partial charge in [0, 0.05) is 24.3 Å². The number of carbonyl (C=O) groups is 1. The van der Waals surface area contributed by atoms with Crippen LogP contribution in [0.3, 0.4) is 0 Å². The Morgan fingerprint density at radius 2 is 2.00 bits per heavy atom. The summed E-state index contributed by atoms with van der Waals surface area (Å²) >= 11 is 0. The van der Waals surface area contributed by atoms with Crippen molar-refractivity contribution in [3.8, 4) is 5.75 Å². The van der Waals surface area contributed by atoms with E-state index >= 15 is 0 Å². The fourth-order valence-corrected chi connectivity index (χ4v) is 2.34. The molecule has 1 aliphatic rings. The molecule has 0 bridgehead atoms. The summed E-state index contributed by atoms with van der Waals surface area (Å²) in [6.07, 6.45) is 0. The van der Waals surface area contributed by atoms with E-state index in [9.17, 15) is 4.79 Å². The number of nitrogens with two attached hydrogens (primary N) is 1. The molecule has 0 unspecified atom stereocenters. The number of methoxy groups -OCH3 is 1. The number of rotatable bonds is 5. The fraction of sp³-hybridized carbons (Fsp3) is 0.533. The number of hydrogen-bond acceptors (Lipinski definition) is 4. The summed E-state index contributed by atoms with van der Waals surface area (Å²) in [5, 5.41) is 2.87. The van der Waals surface area contributed by atoms with Crippen LogP contribution >= 0.6 is 0 Å². The molecule has 0 saturated carbocycles. The van der Waals surface area contributed by atoms with Crippen LogP contribution in [-0.2, 0) is 4.79 Å². The molecule has 0 aliphatic carbocycles. The number of hydrogen-bond donors (Lipinski definition) is 2. The van der Waals surface area contributed by atoms with Gasteiger partial charge in [-0.25, -0.2) is 0 Å². The average Bonchev–Trinajstić information content (AvgIpc) is 2.37. The highest BCUT2D eigenvalue weighted by Gasteiger charge is 2.42. The highest BCUT2D eigenvalue weighted by atomic mass is 16.5. The minimum absolute atomic E-state index is 0.0130. The number of nitrogens with one attached hydrogen (secondary N) is 1. The molecule has 1 aromatic carbocycles. The molecule has 110 valence electrons. The molecule has 20 heavy (non-hydrogen) atoms. The van der Waals surface area contributed by atoms with Crippen molar-refractivity contribution in [2.75, 3.05) is 32.1 Å². The lowest BCUT2D eigenvalue weighted by Crippen LogP contribution is -2.70. The third-order valence-electron chi connectivity index (χ3n) is 3.93. The van der Waals surface area contributed by atoms with E-state index in [0.29, 0.717) is 12.5 Å². The zero-order chi connectivity index (χ0) is 14.8. The highest BCUT2D eigenvalue weighted by Crippen LogP contribution is 2.25. The molecule has 5 heteroatoms. The molecule has 5 nitrogen and oxygen atoms in total. The van der Waals surface area contributed by atoms with Crippen molar-refractivity contribution in [1.29, 1.82) is 0 Å². The summed E-state index contributed by atoms with van der Waals surface area (Å²) in [6, 6.07) is 7.30. The molecular formula is C15H23N3O2. The second kappa shape index (κ2) is 5.81. The van der Waals surface area contributed by atoms with E-state index in [2.05, 4.69) is 24.1 Å². The Morgan fingerprint density at radius 3 is 2.50 bits per heavy atom. The van der Waals surface area contributed by atoms with Crippen LogP contribution in [0, 0.1) is 5.92 Å². The maximum Gasteiger partial charge on any atom is 0.238 e. The van der Waals surface area contributed by atoms with Crippen molar-refractivity contribution in [2.45, 2.75) is 19.4 Å². The lowest BCUT2D eigenvalue weighted by Gasteiger charge is -2.50. The molecule has 1 heterocycles. The average molecular weight is 277 g/mol. The van der Waals surface area contributed by atoms with Crippen molar-refractivity contribution < 1.29 is 9.53 Å². The first-order chi connectivity index (χ1) is 9.43. The van der Waals surface area contributed by atoms with Crippen LogP contribution in [0.25, 0.3) is 0 Å². The molecule has 1 fully saturated rings. The van der Waals surface area contributed by atoms with Crippen LogP contribution in [0.15, 0.2) is 24.3 Å². The predicted octanol–water partition coefficient (Wildman–Crippen LogP) is 1.30. The quantitative estimate of drug-likeness (QED) is 0.851. The van der Waals surface area contributed by atoms with Gasteiger partial charge in [0.2, 0.25) is 5.91 Å². The Balaban J connectivity index is 1.79. The molecule has 0 aromatic heterocycles. The smallest absolute Gasteiger partial charge is 0.238 e. The molecule has 2 rings (SSSR count). The largest absolute Gasteiger partial charge is 0.497 e. The SMILES string of the molecule is COc1ccc(NC(=O)CN2CC(N)(C(C)C)C2)cc1. The summed E-state index contributed by atoms with van der Waals surface area (Å²) in [4.78, 5) is 14.0. The number of carbonyl (C=O) groups excluding carboxylic acids is 1. The number of ether oxygens (including phenoxy) is 1. The standard InChI is InChI=1S/C15H23N3O2/c1-11(2)15(16)9-18(10-15)8-14(19)17-12-4-6-13(20-3)7-5-12/h4-7,11H,8-10,16H2,1-3H3,(H,17,19). The lowest BCUT2D eigenvalue weighted by atomic mass is 9.80. The van der Waals surface area contributed by atoms with Crippen molar-refractivity contribution in [3.05, 3.63) is 24.3 Å².